The second-order valence-electron chi connectivity index (χ2n) is 6.28. The second-order valence-corrected chi connectivity index (χ2v) is 6.28. The zero-order valence-electron chi connectivity index (χ0n) is 15.2. The van der Waals surface area contributed by atoms with Crippen molar-refractivity contribution in [2.24, 2.45) is 0 Å². The van der Waals surface area contributed by atoms with E-state index in [2.05, 4.69) is 22.1 Å². The third kappa shape index (κ3) is 4.49. The van der Waals surface area contributed by atoms with Gasteiger partial charge in [0.2, 0.25) is 0 Å². The molecule has 0 unspecified atom stereocenters. The van der Waals surface area contributed by atoms with Gasteiger partial charge in [-0.05, 0) is 42.9 Å². The highest BCUT2D eigenvalue weighted by Crippen LogP contribution is 2.12. The highest BCUT2D eigenvalue weighted by Gasteiger charge is 2.23. The van der Waals surface area contributed by atoms with Crippen LogP contribution >= 0.6 is 0 Å². The van der Waals surface area contributed by atoms with Crippen molar-refractivity contribution < 1.29 is 9.59 Å². The number of rotatable bonds is 4. The molecule has 2 aromatic rings. The van der Waals surface area contributed by atoms with Gasteiger partial charge in [0, 0.05) is 31.9 Å². The van der Waals surface area contributed by atoms with E-state index in [1.54, 1.807) is 47.4 Å². The maximum atomic E-state index is 12.7. The van der Waals surface area contributed by atoms with Crippen LogP contribution < -0.4 is 5.32 Å². The molecule has 138 valence electrons. The first-order valence-corrected chi connectivity index (χ1v) is 8.91. The van der Waals surface area contributed by atoms with E-state index < -0.39 is 5.91 Å². The molecular weight excluding hydrogens is 342 g/mol. The van der Waals surface area contributed by atoms with Gasteiger partial charge in [0.05, 0.1) is 11.6 Å². The van der Waals surface area contributed by atoms with E-state index in [1.165, 1.54) is 0 Å². The van der Waals surface area contributed by atoms with Gasteiger partial charge in [-0.15, -0.1) is 0 Å². The molecule has 7 nitrogen and oxygen atoms in total. The van der Waals surface area contributed by atoms with Gasteiger partial charge in [0.1, 0.15) is 11.4 Å². The molecule has 0 atom stereocenters. The fourth-order valence-electron chi connectivity index (χ4n) is 2.93. The van der Waals surface area contributed by atoms with Crippen LogP contribution in [0.3, 0.4) is 0 Å². The van der Waals surface area contributed by atoms with E-state index >= 15 is 0 Å². The van der Waals surface area contributed by atoms with Gasteiger partial charge in [-0.2, -0.15) is 5.26 Å². The van der Waals surface area contributed by atoms with Crippen LogP contribution in [0.1, 0.15) is 33.5 Å². The van der Waals surface area contributed by atoms with Crippen LogP contribution in [0.25, 0.3) is 0 Å². The van der Waals surface area contributed by atoms with Crippen LogP contribution in [0.2, 0.25) is 0 Å². The Hall–Kier alpha value is -3.24. The number of carbonyl (C=O) groups is 2. The fourth-order valence-corrected chi connectivity index (χ4v) is 2.93. The number of nitrogens with zero attached hydrogens (tertiary/aromatic N) is 4. The Bertz CT molecular complexity index is 865. The van der Waals surface area contributed by atoms with Crippen LogP contribution in [0.15, 0.2) is 42.5 Å². The van der Waals surface area contributed by atoms with Crippen molar-refractivity contribution in [2.45, 2.75) is 6.92 Å². The zero-order valence-corrected chi connectivity index (χ0v) is 15.2. The number of hydrogen-bond donors (Lipinski definition) is 1. The van der Waals surface area contributed by atoms with E-state index in [1.807, 2.05) is 6.07 Å². The SMILES string of the molecule is CCN1CCN(C(=O)c2cccc(C(=O)Nc3ccc(C#N)cc3)n2)CC1. The third-order valence-electron chi connectivity index (χ3n) is 4.58. The molecule has 0 aliphatic carbocycles. The predicted octanol–water partition coefficient (Wildman–Crippen LogP) is 1.98. The summed E-state index contributed by atoms with van der Waals surface area (Å²) in [6.45, 7) is 6.11. The molecule has 2 heterocycles. The topological polar surface area (TPSA) is 89.3 Å². The number of anilines is 1. The molecular formula is C20H21N5O2. The molecule has 1 aliphatic heterocycles. The smallest absolute Gasteiger partial charge is 0.274 e. The van der Waals surface area contributed by atoms with Crippen LogP contribution in [0.5, 0.6) is 0 Å². The highest BCUT2D eigenvalue weighted by atomic mass is 16.2. The van der Waals surface area contributed by atoms with Crippen molar-refractivity contribution in [3.05, 3.63) is 59.4 Å². The monoisotopic (exact) mass is 363 g/mol. The first-order valence-electron chi connectivity index (χ1n) is 8.91. The molecule has 2 amide bonds. The molecule has 1 aromatic heterocycles. The molecule has 1 saturated heterocycles. The van der Waals surface area contributed by atoms with Gasteiger partial charge in [-0.3, -0.25) is 9.59 Å². The lowest BCUT2D eigenvalue weighted by atomic mass is 10.2. The third-order valence-corrected chi connectivity index (χ3v) is 4.58. The van der Waals surface area contributed by atoms with E-state index in [0.29, 0.717) is 24.3 Å². The standard InChI is InChI=1S/C20H21N5O2/c1-2-24-10-12-25(13-11-24)20(27)18-5-3-4-17(23-18)19(26)22-16-8-6-15(14-21)7-9-16/h3-9H,2,10-13H2,1H3,(H,22,26). The maximum Gasteiger partial charge on any atom is 0.274 e. The lowest BCUT2D eigenvalue weighted by Crippen LogP contribution is -2.48. The number of hydrogen-bond acceptors (Lipinski definition) is 5. The predicted molar refractivity (Wildman–Crippen MR) is 101 cm³/mol. The largest absolute Gasteiger partial charge is 0.335 e. The number of piperazine rings is 1. The maximum absolute atomic E-state index is 12.7. The van der Waals surface area contributed by atoms with E-state index in [4.69, 9.17) is 5.26 Å². The molecule has 1 aromatic carbocycles. The molecule has 1 N–H and O–H groups in total. The molecule has 1 aliphatic rings. The first-order chi connectivity index (χ1) is 13.1. The van der Waals surface area contributed by atoms with Crippen molar-refractivity contribution in [2.75, 3.05) is 38.0 Å². The van der Waals surface area contributed by atoms with Crippen molar-refractivity contribution in [1.82, 2.24) is 14.8 Å². The van der Waals surface area contributed by atoms with E-state index in [9.17, 15) is 9.59 Å². The number of amides is 2. The second kappa shape index (κ2) is 8.43. The van der Waals surface area contributed by atoms with Gasteiger partial charge in [0.15, 0.2) is 0 Å². The van der Waals surface area contributed by atoms with Gasteiger partial charge in [0.25, 0.3) is 11.8 Å². The number of nitrogens with one attached hydrogen (secondary N) is 1. The average Bonchev–Trinajstić information content (AvgIpc) is 2.74. The van der Waals surface area contributed by atoms with Crippen molar-refractivity contribution >= 4 is 17.5 Å². The minimum absolute atomic E-state index is 0.154. The zero-order chi connectivity index (χ0) is 19.2. The van der Waals surface area contributed by atoms with Crippen LogP contribution in [-0.2, 0) is 0 Å². The number of benzene rings is 1. The molecule has 0 bridgehead atoms. The molecule has 3 rings (SSSR count). The summed E-state index contributed by atoms with van der Waals surface area (Å²) in [6, 6.07) is 13.4. The van der Waals surface area contributed by atoms with Gasteiger partial charge >= 0.3 is 0 Å². The molecule has 0 radical (unpaired) electrons. The van der Waals surface area contributed by atoms with Crippen LogP contribution in [0.4, 0.5) is 5.69 Å². The molecule has 27 heavy (non-hydrogen) atoms. The normalized spacial score (nSPS) is 14.4. The summed E-state index contributed by atoms with van der Waals surface area (Å²) in [5, 5.41) is 11.5. The summed E-state index contributed by atoms with van der Waals surface area (Å²) in [5.74, 6) is -0.552. The number of aromatic nitrogens is 1. The Morgan fingerprint density at radius 1 is 1.07 bits per heavy atom. The van der Waals surface area contributed by atoms with Gasteiger partial charge < -0.3 is 15.1 Å². The number of likely N-dealkylation sites (N-methyl/N-ethyl adjacent to an activating group) is 1. The van der Waals surface area contributed by atoms with Crippen molar-refractivity contribution in [3.63, 3.8) is 0 Å². The van der Waals surface area contributed by atoms with Crippen LogP contribution in [-0.4, -0.2) is 59.3 Å². The average molecular weight is 363 g/mol. The summed E-state index contributed by atoms with van der Waals surface area (Å²) >= 11 is 0. The van der Waals surface area contributed by atoms with Crippen LogP contribution in [0, 0.1) is 11.3 Å². The van der Waals surface area contributed by atoms with Gasteiger partial charge in [-0.1, -0.05) is 13.0 Å². The number of nitriles is 1. The number of pyridine rings is 1. The summed E-state index contributed by atoms with van der Waals surface area (Å²) in [6.07, 6.45) is 0. The Balaban J connectivity index is 1.68. The molecule has 7 heteroatoms. The fraction of sp³-hybridized carbons (Fsp3) is 0.300. The van der Waals surface area contributed by atoms with Crippen molar-refractivity contribution in [1.29, 1.82) is 5.26 Å². The summed E-state index contributed by atoms with van der Waals surface area (Å²) in [4.78, 5) is 33.4. The van der Waals surface area contributed by atoms with Crippen molar-refractivity contribution in [3.8, 4) is 6.07 Å². The summed E-state index contributed by atoms with van der Waals surface area (Å²) in [5.41, 5.74) is 1.53. The summed E-state index contributed by atoms with van der Waals surface area (Å²) in [7, 11) is 0. The Morgan fingerprint density at radius 3 is 2.37 bits per heavy atom. The lowest BCUT2D eigenvalue weighted by molar-refractivity contribution is 0.0637. The van der Waals surface area contributed by atoms with E-state index in [-0.39, 0.29) is 17.3 Å². The summed E-state index contributed by atoms with van der Waals surface area (Å²) < 4.78 is 0. The Morgan fingerprint density at radius 2 is 1.74 bits per heavy atom. The minimum atomic E-state index is -0.398. The first kappa shape index (κ1) is 18.5. The van der Waals surface area contributed by atoms with Gasteiger partial charge in [-0.25, -0.2) is 4.98 Å². The molecule has 1 fully saturated rings. The molecule has 0 spiro atoms. The lowest BCUT2D eigenvalue weighted by Gasteiger charge is -2.33. The number of carbonyl (C=O) groups excluding carboxylic acids is 2. The Kier molecular flexibility index (Phi) is 5.79. The minimum Gasteiger partial charge on any atom is -0.335 e. The van der Waals surface area contributed by atoms with E-state index in [0.717, 1.165) is 19.6 Å². The molecule has 0 saturated carbocycles. The highest BCUT2D eigenvalue weighted by molar-refractivity contribution is 6.03. The Labute approximate surface area is 158 Å². The quantitative estimate of drug-likeness (QED) is 0.897.